The molecule has 196 valence electrons. The van der Waals surface area contributed by atoms with Crippen LogP contribution in [-0.4, -0.2) is 24.4 Å². The van der Waals surface area contributed by atoms with Crippen LogP contribution in [-0.2, 0) is 19.1 Å². The van der Waals surface area contributed by atoms with E-state index in [2.05, 4.69) is 16.0 Å². The first-order valence-electron chi connectivity index (χ1n) is 12.5. The Labute approximate surface area is 236 Å². The largest absolute Gasteiger partial charge is 0.462 e. The third kappa shape index (κ3) is 5.89. The second kappa shape index (κ2) is 11.8. The summed E-state index contributed by atoms with van der Waals surface area (Å²) in [5, 5.41) is 1.11. The van der Waals surface area contributed by atoms with Crippen LogP contribution in [0.5, 0.6) is 0 Å². The summed E-state index contributed by atoms with van der Waals surface area (Å²) >= 11 is 12.1. The molecule has 39 heavy (non-hydrogen) atoms. The molecule has 3 aromatic rings. The first kappa shape index (κ1) is 26.6. The van der Waals surface area contributed by atoms with Crippen LogP contribution in [0.1, 0.15) is 42.7 Å². The van der Waals surface area contributed by atoms with Gasteiger partial charge in [0.25, 0.3) is 0 Å². The van der Waals surface area contributed by atoms with Crippen LogP contribution in [0, 0.1) is 0 Å². The zero-order valence-corrected chi connectivity index (χ0v) is 22.6. The molecule has 8 heteroatoms. The number of aliphatic imine (C=N–C) groups is 2. The predicted octanol–water partition coefficient (Wildman–Crippen LogP) is 7.79. The van der Waals surface area contributed by atoms with Gasteiger partial charge >= 0.3 is 5.97 Å². The Kier molecular flexibility index (Phi) is 8.08. The number of esters is 1. The fraction of sp³-hybridized carbons (Fsp3) is 0.194. The third-order valence-corrected chi connectivity index (χ3v) is 7.12. The number of allylic oxidation sites excluding steroid dienone is 2. The number of hydrogen-bond acceptors (Lipinski definition) is 6. The third-order valence-electron chi connectivity index (χ3n) is 6.62. The van der Waals surface area contributed by atoms with Gasteiger partial charge in [-0.25, -0.2) is 4.79 Å². The summed E-state index contributed by atoms with van der Waals surface area (Å²) in [7, 11) is 0. The lowest BCUT2D eigenvalue weighted by molar-refractivity contribution is -0.139. The highest BCUT2D eigenvalue weighted by atomic mass is 35.5. The first-order valence-corrected chi connectivity index (χ1v) is 13.3. The summed E-state index contributed by atoms with van der Waals surface area (Å²) in [6.45, 7) is 1.85. The minimum absolute atomic E-state index is 0.00799. The summed E-state index contributed by atoms with van der Waals surface area (Å²) in [5.74, 6) is -1.07. The van der Waals surface area contributed by atoms with Gasteiger partial charge in [0.2, 0.25) is 5.88 Å². The molecule has 0 amide bonds. The Bertz CT molecular complexity index is 1520. The maximum atomic E-state index is 13.7. The van der Waals surface area contributed by atoms with Gasteiger partial charge in [0.05, 0.1) is 18.2 Å². The molecule has 2 unspecified atom stereocenters. The maximum Gasteiger partial charge on any atom is 0.340 e. The molecular weight excluding hydrogens is 535 g/mol. The van der Waals surface area contributed by atoms with Crippen LogP contribution in [0.2, 0.25) is 10.0 Å². The van der Waals surface area contributed by atoms with Crippen LogP contribution in [0.15, 0.2) is 112 Å². The van der Waals surface area contributed by atoms with E-state index in [0.29, 0.717) is 45.5 Å². The van der Waals surface area contributed by atoms with Gasteiger partial charge in [-0.15, -0.1) is 4.99 Å². The van der Waals surface area contributed by atoms with E-state index in [9.17, 15) is 9.59 Å². The van der Waals surface area contributed by atoms with E-state index in [1.165, 1.54) is 0 Å². The number of carbonyl (C=O) groups is 2. The van der Waals surface area contributed by atoms with Gasteiger partial charge in [0, 0.05) is 28.5 Å². The highest BCUT2D eigenvalue weighted by Gasteiger charge is 2.44. The van der Waals surface area contributed by atoms with Crippen molar-refractivity contribution in [3.63, 3.8) is 0 Å². The number of carbonyl (C=O) groups excluding carboxylic acids is 2. The number of hydrogen-bond donors (Lipinski definition) is 0. The van der Waals surface area contributed by atoms with E-state index >= 15 is 0 Å². The second-order valence-electron chi connectivity index (χ2n) is 9.10. The van der Waals surface area contributed by atoms with E-state index in [0.717, 1.165) is 5.56 Å². The van der Waals surface area contributed by atoms with E-state index in [-0.39, 0.29) is 29.8 Å². The number of ketones is 1. The predicted molar refractivity (Wildman–Crippen MR) is 150 cm³/mol. The van der Waals surface area contributed by atoms with Gasteiger partial charge in [-0.1, -0.05) is 65.7 Å². The lowest BCUT2D eigenvalue weighted by Crippen LogP contribution is -2.31. The average molecular weight is 559 g/mol. The van der Waals surface area contributed by atoms with Crippen molar-refractivity contribution in [2.75, 3.05) is 6.61 Å². The van der Waals surface area contributed by atoms with Crippen molar-refractivity contribution in [3.05, 3.63) is 123 Å². The molecule has 0 N–H and O–H groups in total. The Morgan fingerprint density at radius 3 is 2.26 bits per heavy atom. The van der Waals surface area contributed by atoms with E-state index in [4.69, 9.17) is 32.7 Å². The maximum absolute atomic E-state index is 13.7. The van der Waals surface area contributed by atoms with E-state index in [1.54, 1.807) is 55.5 Å². The smallest absolute Gasteiger partial charge is 0.340 e. The number of Topliss-reactive ketones (excluding diaryl/α,β-unsaturated/α-hetero) is 1. The van der Waals surface area contributed by atoms with Gasteiger partial charge in [0.15, 0.2) is 5.78 Å². The van der Waals surface area contributed by atoms with Crippen molar-refractivity contribution in [2.24, 2.45) is 9.98 Å². The Morgan fingerprint density at radius 2 is 1.59 bits per heavy atom. The monoisotopic (exact) mass is 558 g/mol. The fourth-order valence-corrected chi connectivity index (χ4v) is 5.10. The van der Waals surface area contributed by atoms with Crippen molar-refractivity contribution in [2.45, 2.75) is 31.6 Å². The molecule has 2 atom stereocenters. The molecule has 1 aliphatic heterocycles. The molecule has 0 spiro atoms. The summed E-state index contributed by atoms with van der Waals surface area (Å²) in [5.41, 5.74) is 2.86. The number of benzene rings is 3. The zero-order valence-electron chi connectivity index (χ0n) is 21.1. The van der Waals surface area contributed by atoms with Gasteiger partial charge in [-0.05, 0) is 60.4 Å². The van der Waals surface area contributed by atoms with Crippen LogP contribution >= 0.6 is 23.2 Å². The number of halogens is 2. The van der Waals surface area contributed by atoms with Gasteiger partial charge < -0.3 is 9.47 Å². The van der Waals surface area contributed by atoms with Crippen LogP contribution in [0.4, 0.5) is 5.69 Å². The number of ether oxygens (including phenoxy) is 2. The number of nitrogens with zero attached hydrogens (tertiary/aromatic N) is 2. The molecule has 0 saturated heterocycles. The Balaban J connectivity index is 1.64. The van der Waals surface area contributed by atoms with Crippen molar-refractivity contribution >= 4 is 46.7 Å². The van der Waals surface area contributed by atoms with Crippen LogP contribution in [0.25, 0.3) is 0 Å². The van der Waals surface area contributed by atoms with Crippen molar-refractivity contribution in [3.8, 4) is 0 Å². The van der Waals surface area contributed by atoms with Gasteiger partial charge in [-0.3, -0.25) is 4.79 Å². The van der Waals surface area contributed by atoms with Crippen LogP contribution < -0.4 is 0 Å². The summed E-state index contributed by atoms with van der Waals surface area (Å²) < 4.78 is 11.6. The standard InChI is InChI=1S/C31H24Cl2N2O4/c1-2-38-31(37)29-27(20-8-10-22(32)11-9-20)28-25(36)16-21(19-6-4-3-5-7-19)17-26(28)39-30(29)35-18-34-24-14-12-23(33)13-15-24/h3-15,21,27H,2,16-17H2,1H3. The lowest BCUT2D eigenvalue weighted by atomic mass is 9.73. The van der Waals surface area contributed by atoms with Crippen molar-refractivity contribution < 1.29 is 19.1 Å². The quantitative estimate of drug-likeness (QED) is 0.228. The lowest BCUT2D eigenvalue weighted by Gasteiger charge is -2.34. The second-order valence-corrected chi connectivity index (χ2v) is 9.97. The first-order chi connectivity index (χ1) is 18.9. The molecule has 0 aromatic heterocycles. The highest BCUT2D eigenvalue weighted by Crippen LogP contribution is 2.48. The average Bonchev–Trinajstić information content (AvgIpc) is 2.94. The van der Waals surface area contributed by atoms with Gasteiger partial charge in [0.1, 0.15) is 17.3 Å². The Hall–Kier alpha value is -3.96. The SMILES string of the molecule is CCOC(=O)C1=C(N=C=Nc2ccc(Cl)cc2)OC2=C(C(=O)CC(c3ccccc3)C2)C1c1ccc(Cl)cc1. The zero-order chi connectivity index (χ0) is 27.4. The molecular formula is C31H24Cl2N2O4. The topological polar surface area (TPSA) is 77.3 Å². The summed E-state index contributed by atoms with van der Waals surface area (Å²) in [6, 6.07) is 26.3. The highest BCUT2D eigenvalue weighted by molar-refractivity contribution is 6.30. The molecule has 3 aromatic carbocycles. The van der Waals surface area contributed by atoms with E-state index in [1.807, 2.05) is 30.3 Å². The van der Waals surface area contributed by atoms with E-state index < -0.39 is 11.9 Å². The molecule has 1 aliphatic carbocycles. The normalized spacial score (nSPS) is 18.6. The molecule has 0 saturated carbocycles. The minimum atomic E-state index is -0.745. The molecule has 0 fully saturated rings. The molecule has 0 bridgehead atoms. The molecule has 1 heterocycles. The van der Waals surface area contributed by atoms with Crippen LogP contribution in [0.3, 0.4) is 0 Å². The van der Waals surface area contributed by atoms with Crippen molar-refractivity contribution in [1.29, 1.82) is 0 Å². The Morgan fingerprint density at radius 1 is 0.923 bits per heavy atom. The summed E-state index contributed by atoms with van der Waals surface area (Å²) in [4.78, 5) is 35.6. The van der Waals surface area contributed by atoms with Crippen molar-refractivity contribution in [1.82, 2.24) is 0 Å². The summed E-state index contributed by atoms with van der Waals surface area (Å²) in [6.07, 6.45) is 0.766. The number of rotatable bonds is 6. The molecule has 6 nitrogen and oxygen atoms in total. The van der Waals surface area contributed by atoms with Gasteiger partial charge in [-0.2, -0.15) is 4.99 Å². The minimum Gasteiger partial charge on any atom is -0.462 e. The molecule has 2 aliphatic rings. The fourth-order valence-electron chi connectivity index (χ4n) is 4.84. The molecule has 5 rings (SSSR count). The molecule has 0 radical (unpaired) electrons.